The summed E-state index contributed by atoms with van der Waals surface area (Å²) in [5.41, 5.74) is 8.05. The molecular formula is C44H36N4O. The maximum Gasteiger partial charge on any atom is 0.137 e. The smallest absolute Gasteiger partial charge is 0.137 e. The Morgan fingerprint density at radius 3 is 2.06 bits per heavy atom. The monoisotopic (exact) mass is 636 g/mol. The molecule has 0 N–H and O–H groups in total. The highest BCUT2D eigenvalue weighted by Gasteiger charge is 2.28. The minimum atomic E-state index is 0.0120. The van der Waals surface area contributed by atoms with E-state index in [0.717, 1.165) is 34.0 Å². The Balaban J connectivity index is 1.07. The van der Waals surface area contributed by atoms with Crippen molar-refractivity contribution in [3.05, 3.63) is 157 Å². The van der Waals surface area contributed by atoms with Crippen molar-refractivity contribution in [1.82, 2.24) is 9.55 Å². The number of anilines is 4. The van der Waals surface area contributed by atoms with Crippen LogP contribution in [-0.2, 0) is 5.41 Å². The van der Waals surface area contributed by atoms with Gasteiger partial charge in [-0.25, -0.2) is 4.98 Å². The van der Waals surface area contributed by atoms with Gasteiger partial charge in [0.05, 0.1) is 22.4 Å². The molecule has 8 aromatic rings. The zero-order valence-corrected chi connectivity index (χ0v) is 27.8. The maximum absolute atomic E-state index is 6.63. The van der Waals surface area contributed by atoms with Crippen LogP contribution >= 0.6 is 0 Å². The largest absolute Gasteiger partial charge is 0.457 e. The minimum absolute atomic E-state index is 0.0120. The van der Waals surface area contributed by atoms with Crippen LogP contribution in [0.1, 0.15) is 26.3 Å². The first kappa shape index (κ1) is 29.1. The van der Waals surface area contributed by atoms with Crippen LogP contribution in [-0.4, -0.2) is 16.2 Å². The molecule has 5 nitrogen and oxygen atoms in total. The fourth-order valence-corrected chi connectivity index (χ4v) is 7.12. The molecule has 9 rings (SSSR count). The first-order chi connectivity index (χ1) is 23.9. The Bertz CT molecular complexity index is 2520. The molecule has 2 aromatic heterocycles. The summed E-state index contributed by atoms with van der Waals surface area (Å²) in [6.45, 7) is 7.41. The molecule has 3 heterocycles. The predicted octanol–water partition coefficient (Wildman–Crippen LogP) is 11.7. The molecule has 0 unspecified atom stereocenters. The van der Waals surface area contributed by atoms with Gasteiger partial charge >= 0.3 is 0 Å². The lowest BCUT2D eigenvalue weighted by Gasteiger charge is -2.23. The van der Waals surface area contributed by atoms with Gasteiger partial charge in [0.1, 0.15) is 24.0 Å². The van der Waals surface area contributed by atoms with E-state index in [-0.39, 0.29) is 5.41 Å². The van der Waals surface area contributed by atoms with Crippen LogP contribution in [0.25, 0.3) is 38.4 Å². The number of pyridine rings is 1. The van der Waals surface area contributed by atoms with Gasteiger partial charge in [0.2, 0.25) is 0 Å². The number of fused-ring (bicyclic) bond motifs is 5. The van der Waals surface area contributed by atoms with Crippen molar-refractivity contribution in [2.45, 2.75) is 26.2 Å². The van der Waals surface area contributed by atoms with E-state index in [2.05, 4.69) is 175 Å². The van der Waals surface area contributed by atoms with Crippen LogP contribution in [0.3, 0.4) is 0 Å². The fraction of sp³-hybridized carbons (Fsp3) is 0.114. The average molecular weight is 637 g/mol. The standard InChI is InChI=1S/C44H36N4O/c1-44(2,3)32-23-24-45-43(26-32)48-39-16-7-6-15-37(39)38-22-21-36(28-42(38)48)49-35-14-10-13-33(27-35)46-29-47(41-18-9-8-17-40(41)46)34-20-19-30-11-4-5-12-31(30)25-34/h4-28H,29H2,1-3H3. The summed E-state index contributed by atoms with van der Waals surface area (Å²) in [6, 6.07) is 51.4. The molecule has 0 fully saturated rings. The summed E-state index contributed by atoms with van der Waals surface area (Å²) in [7, 11) is 0. The number of rotatable bonds is 5. The summed E-state index contributed by atoms with van der Waals surface area (Å²) >= 11 is 0. The number of hydrogen-bond acceptors (Lipinski definition) is 4. The van der Waals surface area contributed by atoms with Crippen molar-refractivity contribution in [3.63, 3.8) is 0 Å². The molecule has 1 aliphatic heterocycles. The van der Waals surface area contributed by atoms with Crippen LogP contribution in [0.4, 0.5) is 22.7 Å². The Morgan fingerprint density at radius 1 is 0.551 bits per heavy atom. The Hall–Kier alpha value is -6.07. The molecule has 6 aromatic carbocycles. The van der Waals surface area contributed by atoms with Gasteiger partial charge in [0.15, 0.2) is 0 Å². The summed E-state index contributed by atoms with van der Waals surface area (Å²) in [6.07, 6.45) is 1.92. The molecular weight excluding hydrogens is 601 g/mol. The second kappa shape index (κ2) is 11.3. The Labute approximate surface area is 286 Å². The van der Waals surface area contributed by atoms with E-state index in [0.29, 0.717) is 6.67 Å². The van der Waals surface area contributed by atoms with Crippen LogP contribution in [0.15, 0.2) is 152 Å². The summed E-state index contributed by atoms with van der Waals surface area (Å²) < 4.78 is 8.88. The molecule has 0 saturated carbocycles. The topological polar surface area (TPSA) is 33.5 Å². The molecule has 0 radical (unpaired) electrons. The fourth-order valence-electron chi connectivity index (χ4n) is 7.12. The van der Waals surface area contributed by atoms with Gasteiger partial charge in [-0.1, -0.05) is 87.5 Å². The molecule has 0 atom stereocenters. The highest BCUT2D eigenvalue weighted by atomic mass is 16.5. The second-order valence-electron chi connectivity index (χ2n) is 13.8. The number of ether oxygens (including phenoxy) is 1. The number of nitrogens with zero attached hydrogens (tertiary/aromatic N) is 4. The lowest BCUT2D eigenvalue weighted by Crippen LogP contribution is -2.23. The molecule has 0 amide bonds. The normalized spacial score (nSPS) is 13.0. The third-order valence-electron chi connectivity index (χ3n) is 9.64. The number of para-hydroxylation sites is 3. The van der Waals surface area contributed by atoms with Crippen LogP contribution in [0.5, 0.6) is 11.5 Å². The van der Waals surface area contributed by atoms with E-state index in [4.69, 9.17) is 9.72 Å². The SMILES string of the molecule is CC(C)(C)c1ccnc(-n2c3ccccc3c3ccc(Oc4cccc(N5CN(c6ccc7ccccc7c6)c6ccccc65)c4)cc32)c1. The molecule has 49 heavy (non-hydrogen) atoms. The molecule has 1 aliphatic rings. The Kier molecular flexibility index (Phi) is 6.70. The van der Waals surface area contributed by atoms with Gasteiger partial charge < -0.3 is 14.5 Å². The van der Waals surface area contributed by atoms with Crippen molar-refractivity contribution in [1.29, 1.82) is 0 Å². The van der Waals surface area contributed by atoms with E-state index < -0.39 is 0 Å². The zero-order chi connectivity index (χ0) is 33.1. The third kappa shape index (κ3) is 5.06. The number of aromatic nitrogens is 2. The van der Waals surface area contributed by atoms with Crippen LogP contribution < -0.4 is 14.5 Å². The molecule has 5 heteroatoms. The van der Waals surface area contributed by atoms with E-state index in [1.165, 1.54) is 44.2 Å². The van der Waals surface area contributed by atoms with Gasteiger partial charge in [-0.2, -0.15) is 0 Å². The zero-order valence-electron chi connectivity index (χ0n) is 27.8. The van der Waals surface area contributed by atoms with E-state index in [9.17, 15) is 0 Å². The molecule has 0 aliphatic carbocycles. The predicted molar refractivity (Wildman–Crippen MR) is 203 cm³/mol. The summed E-state index contributed by atoms with van der Waals surface area (Å²) in [4.78, 5) is 9.57. The minimum Gasteiger partial charge on any atom is -0.457 e. The van der Waals surface area contributed by atoms with Gasteiger partial charge in [-0.3, -0.25) is 4.57 Å². The van der Waals surface area contributed by atoms with E-state index in [1.807, 2.05) is 12.3 Å². The lowest BCUT2D eigenvalue weighted by molar-refractivity contribution is 0.483. The Morgan fingerprint density at radius 2 is 1.24 bits per heavy atom. The third-order valence-corrected chi connectivity index (χ3v) is 9.64. The lowest BCUT2D eigenvalue weighted by atomic mass is 9.88. The maximum atomic E-state index is 6.63. The molecule has 0 spiro atoms. The van der Waals surface area contributed by atoms with E-state index >= 15 is 0 Å². The van der Waals surface area contributed by atoms with Gasteiger partial charge in [0.25, 0.3) is 0 Å². The van der Waals surface area contributed by atoms with Crippen LogP contribution in [0.2, 0.25) is 0 Å². The molecule has 238 valence electrons. The quantitative estimate of drug-likeness (QED) is 0.188. The highest BCUT2D eigenvalue weighted by Crippen LogP contribution is 2.45. The highest BCUT2D eigenvalue weighted by molar-refractivity contribution is 6.09. The average Bonchev–Trinajstić information content (AvgIpc) is 3.67. The van der Waals surface area contributed by atoms with Gasteiger partial charge in [-0.15, -0.1) is 0 Å². The summed E-state index contributed by atoms with van der Waals surface area (Å²) in [5, 5.41) is 4.84. The van der Waals surface area contributed by atoms with Crippen molar-refractivity contribution < 1.29 is 4.74 Å². The molecule has 0 saturated heterocycles. The van der Waals surface area contributed by atoms with Crippen molar-refractivity contribution in [2.75, 3.05) is 16.5 Å². The van der Waals surface area contributed by atoms with E-state index in [1.54, 1.807) is 0 Å². The second-order valence-corrected chi connectivity index (χ2v) is 13.8. The number of hydrogen-bond donors (Lipinski definition) is 0. The molecule has 0 bridgehead atoms. The van der Waals surface area contributed by atoms with Gasteiger partial charge in [-0.05, 0) is 88.5 Å². The number of benzene rings is 6. The summed E-state index contributed by atoms with van der Waals surface area (Å²) in [5.74, 6) is 2.47. The van der Waals surface area contributed by atoms with Crippen molar-refractivity contribution >= 4 is 55.3 Å². The first-order valence-electron chi connectivity index (χ1n) is 16.8. The van der Waals surface area contributed by atoms with Gasteiger partial charge in [0, 0.05) is 40.5 Å². The first-order valence-corrected chi connectivity index (χ1v) is 16.8. The van der Waals surface area contributed by atoms with Crippen molar-refractivity contribution in [3.8, 4) is 17.3 Å². The van der Waals surface area contributed by atoms with Crippen molar-refractivity contribution in [2.24, 2.45) is 0 Å². The van der Waals surface area contributed by atoms with Crippen LogP contribution in [0, 0.1) is 0 Å².